The summed E-state index contributed by atoms with van der Waals surface area (Å²) < 4.78 is 14.5. The molecule has 2 amide bonds. The lowest BCUT2D eigenvalue weighted by atomic mass is 9.95. The minimum absolute atomic E-state index is 0.0463. The van der Waals surface area contributed by atoms with Gasteiger partial charge in [0.2, 0.25) is 5.91 Å². The molecule has 0 aliphatic carbocycles. The van der Waals surface area contributed by atoms with Crippen molar-refractivity contribution in [2.24, 2.45) is 0 Å². The number of benzene rings is 1. The van der Waals surface area contributed by atoms with Crippen LogP contribution < -0.4 is 10.6 Å². The average Bonchev–Trinajstić information content (AvgIpc) is 3.34. The second-order valence-electron chi connectivity index (χ2n) is 8.18. The van der Waals surface area contributed by atoms with Gasteiger partial charge in [-0.3, -0.25) is 9.59 Å². The predicted molar refractivity (Wildman–Crippen MR) is 114 cm³/mol. The number of carbonyl (C=O) groups excluding carboxylic acids is 2. The first kappa shape index (κ1) is 20.3. The minimum Gasteiger partial charge on any atom is -0.340 e. The van der Waals surface area contributed by atoms with Crippen molar-refractivity contribution in [3.63, 3.8) is 0 Å². The van der Waals surface area contributed by atoms with Gasteiger partial charge in [0, 0.05) is 23.3 Å². The van der Waals surface area contributed by atoms with Crippen LogP contribution >= 0.6 is 11.3 Å². The molecular weight excluding hydrogens is 389 g/mol. The van der Waals surface area contributed by atoms with Crippen LogP contribution in [0.1, 0.15) is 60.4 Å². The lowest BCUT2D eigenvalue weighted by Crippen LogP contribution is -2.53. The summed E-state index contributed by atoms with van der Waals surface area (Å²) in [4.78, 5) is 28.5. The third kappa shape index (κ3) is 4.16. The molecule has 4 atom stereocenters. The molecule has 2 saturated heterocycles. The zero-order chi connectivity index (χ0) is 20.5. The number of fused-ring (bicyclic) bond motifs is 2. The fraction of sp³-hybridized carbons (Fsp3) is 0.545. The maximum Gasteiger partial charge on any atom is 0.262 e. The summed E-state index contributed by atoms with van der Waals surface area (Å²) in [7, 11) is 1.96. The van der Waals surface area contributed by atoms with E-state index in [-0.39, 0.29) is 17.9 Å². The van der Waals surface area contributed by atoms with Gasteiger partial charge >= 0.3 is 0 Å². The van der Waals surface area contributed by atoms with Crippen LogP contribution in [0.2, 0.25) is 0 Å². The van der Waals surface area contributed by atoms with E-state index in [0.717, 1.165) is 42.3 Å². The summed E-state index contributed by atoms with van der Waals surface area (Å²) in [5, 5.41) is 7.21. The van der Waals surface area contributed by atoms with Crippen LogP contribution in [-0.2, 0) is 4.79 Å². The molecule has 5 nitrogen and oxygen atoms in total. The van der Waals surface area contributed by atoms with Crippen molar-refractivity contribution in [3.8, 4) is 0 Å². The number of alkyl halides is 1. The molecule has 7 heteroatoms. The van der Waals surface area contributed by atoms with Crippen LogP contribution in [0.25, 0.3) is 10.1 Å². The van der Waals surface area contributed by atoms with Gasteiger partial charge in [0.25, 0.3) is 5.91 Å². The first-order valence-electron chi connectivity index (χ1n) is 10.4. The third-order valence-corrected chi connectivity index (χ3v) is 7.37. The minimum atomic E-state index is -1.04. The van der Waals surface area contributed by atoms with Gasteiger partial charge in [0.05, 0.1) is 4.88 Å². The molecule has 0 radical (unpaired) electrons. The molecule has 2 fully saturated rings. The lowest BCUT2D eigenvalue weighted by Gasteiger charge is -2.35. The van der Waals surface area contributed by atoms with Gasteiger partial charge in [-0.25, -0.2) is 4.39 Å². The van der Waals surface area contributed by atoms with E-state index < -0.39 is 12.2 Å². The van der Waals surface area contributed by atoms with E-state index in [1.165, 1.54) is 18.3 Å². The van der Waals surface area contributed by atoms with Crippen molar-refractivity contribution in [2.75, 3.05) is 13.6 Å². The van der Waals surface area contributed by atoms with E-state index in [9.17, 15) is 14.0 Å². The van der Waals surface area contributed by atoms with Crippen molar-refractivity contribution in [3.05, 3.63) is 34.7 Å². The fourth-order valence-electron chi connectivity index (χ4n) is 4.56. The number of hydrogen-bond donors (Lipinski definition) is 2. The number of nitrogens with one attached hydrogen (secondary N) is 2. The Labute approximate surface area is 174 Å². The molecule has 2 aliphatic rings. The van der Waals surface area contributed by atoms with E-state index in [0.29, 0.717) is 22.9 Å². The smallest absolute Gasteiger partial charge is 0.262 e. The molecule has 1 aromatic carbocycles. The van der Waals surface area contributed by atoms with Crippen molar-refractivity contribution >= 4 is 33.2 Å². The highest BCUT2D eigenvalue weighted by Gasteiger charge is 2.37. The number of halogens is 1. The molecule has 2 aliphatic heterocycles. The van der Waals surface area contributed by atoms with Crippen LogP contribution in [0.15, 0.2) is 24.3 Å². The van der Waals surface area contributed by atoms with E-state index >= 15 is 0 Å². The number of hydrogen-bond acceptors (Lipinski definition) is 4. The average molecular weight is 418 g/mol. The molecule has 156 valence electrons. The first-order valence-corrected chi connectivity index (χ1v) is 11.2. The van der Waals surface area contributed by atoms with Crippen LogP contribution in [0.4, 0.5) is 4.39 Å². The van der Waals surface area contributed by atoms with Gasteiger partial charge in [0.1, 0.15) is 12.2 Å². The van der Waals surface area contributed by atoms with Crippen molar-refractivity contribution < 1.29 is 14.0 Å². The summed E-state index contributed by atoms with van der Waals surface area (Å²) in [6.07, 6.45) is 3.50. The summed E-state index contributed by atoms with van der Waals surface area (Å²) in [5.41, 5.74) is 0.607. The number of thiophene rings is 1. The number of rotatable bonds is 4. The molecule has 4 rings (SSSR count). The molecule has 2 N–H and O–H groups in total. The predicted octanol–water partition coefficient (Wildman–Crippen LogP) is 3.79. The number of nitrogens with zero attached hydrogens (tertiary/aromatic N) is 1. The molecule has 3 heterocycles. The molecular formula is C22H28FN3O2S. The molecule has 0 bridgehead atoms. The molecule has 2 aromatic rings. The Kier molecular flexibility index (Phi) is 5.88. The van der Waals surface area contributed by atoms with E-state index in [1.54, 1.807) is 18.2 Å². The van der Waals surface area contributed by atoms with E-state index in [4.69, 9.17) is 0 Å². The van der Waals surface area contributed by atoms with E-state index in [2.05, 4.69) is 10.6 Å². The highest BCUT2D eigenvalue weighted by molar-refractivity contribution is 7.20. The Balaban J connectivity index is 1.53. The maximum atomic E-state index is 13.6. The van der Waals surface area contributed by atoms with E-state index in [1.807, 2.05) is 18.0 Å². The largest absolute Gasteiger partial charge is 0.340 e. The zero-order valence-corrected chi connectivity index (χ0v) is 17.7. The first-order chi connectivity index (χ1) is 14.0. The van der Waals surface area contributed by atoms with Crippen molar-refractivity contribution in [1.29, 1.82) is 0 Å². The highest BCUT2D eigenvalue weighted by atomic mass is 32.1. The molecule has 0 saturated carbocycles. The molecule has 1 aromatic heterocycles. The van der Waals surface area contributed by atoms with Crippen molar-refractivity contribution in [2.45, 2.75) is 63.3 Å². The van der Waals surface area contributed by atoms with Crippen LogP contribution in [0, 0.1) is 0 Å². The Morgan fingerprint density at radius 3 is 2.86 bits per heavy atom. The maximum absolute atomic E-state index is 13.6. The Bertz CT molecular complexity index is 913. The Hall–Kier alpha value is -1.99. The van der Waals surface area contributed by atoms with Crippen LogP contribution in [0.3, 0.4) is 0 Å². The normalized spacial score (nSPS) is 26.1. The van der Waals surface area contributed by atoms with Gasteiger partial charge in [0.15, 0.2) is 0 Å². The topological polar surface area (TPSA) is 61.4 Å². The second kappa shape index (κ2) is 8.40. The van der Waals surface area contributed by atoms with Gasteiger partial charge in [-0.1, -0.05) is 6.07 Å². The van der Waals surface area contributed by atoms with Gasteiger partial charge < -0.3 is 15.5 Å². The summed E-state index contributed by atoms with van der Waals surface area (Å²) >= 11 is 1.38. The van der Waals surface area contributed by atoms with Gasteiger partial charge in [-0.2, -0.15) is 0 Å². The monoisotopic (exact) mass is 417 g/mol. The Morgan fingerprint density at radius 1 is 1.28 bits per heavy atom. The summed E-state index contributed by atoms with van der Waals surface area (Å²) in [6, 6.07) is 7.34. The van der Waals surface area contributed by atoms with Crippen LogP contribution in [-0.4, -0.2) is 48.4 Å². The number of amides is 2. The van der Waals surface area contributed by atoms with Gasteiger partial charge in [-0.05, 0) is 75.2 Å². The zero-order valence-electron chi connectivity index (χ0n) is 16.9. The molecule has 29 heavy (non-hydrogen) atoms. The van der Waals surface area contributed by atoms with Crippen molar-refractivity contribution in [1.82, 2.24) is 15.5 Å². The summed E-state index contributed by atoms with van der Waals surface area (Å²) in [5.74, 6) is -0.179. The third-order valence-electron chi connectivity index (χ3n) is 6.26. The highest BCUT2D eigenvalue weighted by Crippen LogP contribution is 2.30. The quantitative estimate of drug-likeness (QED) is 0.796. The molecule has 0 spiro atoms. The molecule has 0 unspecified atom stereocenters. The standard InChI is InChI=1S/C22H28FN3O2S/c1-13(23)14-5-8-19-15(10-14)11-20(29-19)21(27)25-18-7-6-16(24-2)12-17-4-3-9-26(17)22(18)28/h5,8,10-11,13,16-18,24H,3-4,6-7,9,12H2,1-2H3,(H,25,27)/t13-,16-,17+,18-/m0/s1. The van der Waals surface area contributed by atoms with Gasteiger partial charge in [-0.15, -0.1) is 11.3 Å². The number of carbonyl (C=O) groups is 2. The Morgan fingerprint density at radius 2 is 2.10 bits per heavy atom. The SMILES string of the molecule is CN[C@H]1CC[C@H](NC(=O)c2cc3cc([C@H](C)F)ccc3s2)C(=O)N2CCC[C@@H]2C1. The summed E-state index contributed by atoms with van der Waals surface area (Å²) in [6.45, 7) is 2.28. The second-order valence-corrected chi connectivity index (χ2v) is 9.26. The van der Waals surface area contributed by atoms with Crippen LogP contribution in [0.5, 0.6) is 0 Å². The fourth-order valence-corrected chi connectivity index (χ4v) is 5.50. The lowest BCUT2D eigenvalue weighted by molar-refractivity contribution is -0.135.